The molecular formula is C23H32N2O. The van der Waals surface area contributed by atoms with Crippen LogP contribution in [0.1, 0.15) is 63.9 Å². The maximum atomic E-state index is 5.20. The number of hydrogen-bond acceptors (Lipinski definition) is 3. The molecule has 3 rings (SSSR count). The topological polar surface area (TPSA) is 35.0 Å². The van der Waals surface area contributed by atoms with Gasteiger partial charge in [0.1, 0.15) is 5.75 Å². The molecule has 140 valence electrons. The summed E-state index contributed by atoms with van der Waals surface area (Å²) in [5, 5.41) is 0. The number of aromatic nitrogens is 2. The van der Waals surface area contributed by atoms with E-state index in [1.807, 2.05) is 36.7 Å². The Labute approximate surface area is 158 Å². The molecule has 3 nitrogen and oxygen atoms in total. The lowest BCUT2D eigenvalue weighted by molar-refractivity contribution is 0.250. The van der Waals surface area contributed by atoms with Crippen molar-refractivity contribution in [2.75, 3.05) is 7.11 Å². The van der Waals surface area contributed by atoms with Gasteiger partial charge >= 0.3 is 0 Å². The molecule has 1 heterocycles. The van der Waals surface area contributed by atoms with Crippen molar-refractivity contribution in [2.24, 2.45) is 11.8 Å². The van der Waals surface area contributed by atoms with E-state index >= 15 is 0 Å². The van der Waals surface area contributed by atoms with Crippen LogP contribution in [0.15, 0.2) is 36.7 Å². The molecule has 3 heteroatoms. The highest BCUT2D eigenvalue weighted by atomic mass is 16.5. The predicted molar refractivity (Wildman–Crippen MR) is 107 cm³/mol. The van der Waals surface area contributed by atoms with E-state index in [1.54, 1.807) is 7.11 Å². The van der Waals surface area contributed by atoms with Gasteiger partial charge in [0.15, 0.2) is 5.82 Å². The van der Waals surface area contributed by atoms with Gasteiger partial charge in [0.05, 0.1) is 7.11 Å². The highest BCUT2D eigenvalue weighted by molar-refractivity contribution is 5.55. The average Bonchev–Trinajstić information content (AvgIpc) is 2.72. The Balaban J connectivity index is 1.46. The average molecular weight is 353 g/mol. The van der Waals surface area contributed by atoms with Crippen LogP contribution >= 0.6 is 0 Å². The summed E-state index contributed by atoms with van der Waals surface area (Å²) < 4.78 is 5.20. The third kappa shape index (κ3) is 5.30. The number of nitrogens with zero attached hydrogens (tertiary/aromatic N) is 2. The number of hydrogen-bond donors (Lipinski definition) is 0. The lowest BCUT2D eigenvalue weighted by atomic mass is 9.78. The van der Waals surface area contributed by atoms with Crippen LogP contribution in [0.2, 0.25) is 0 Å². The van der Waals surface area contributed by atoms with Crippen molar-refractivity contribution in [3.05, 3.63) is 42.2 Å². The Bertz CT molecular complexity index is 643. The third-order valence-electron chi connectivity index (χ3n) is 5.83. The van der Waals surface area contributed by atoms with Crippen LogP contribution in [0.5, 0.6) is 5.75 Å². The highest BCUT2D eigenvalue weighted by Crippen LogP contribution is 2.34. The van der Waals surface area contributed by atoms with Gasteiger partial charge < -0.3 is 4.74 Å². The van der Waals surface area contributed by atoms with Crippen molar-refractivity contribution in [3.63, 3.8) is 0 Å². The van der Waals surface area contributed by atoms with Crippen molar-refractivity contribution in [3.8, 4) is 17.1 Å². The van der Waals surface area contributed by atoms with E-state index in [0.717, 1.165) is 35.4 Å². The maximum absolute atomic E-state index is 5.20. The molecule has 0 atom stereocenters. The van der Waals surface area contributed by atoms with Gasteiger partial charge in [-0.15, -0.1) is 0 Å². The van der Waals surface area contributed by atoms with Crippen molar-refractivity contribution in [1.29, 1.82) is 0 Å². The van der Waals surface area contributed by atoms with Gasteiger partial charge in [-0.25, -0.2) is 9.97 Å². The van der Waals surface area contributed by atoms with E-state index in [0.29, 0.717) is 0 Å². The van der Waals surface area contributed by atoms with Crippen LogP contribution in [-0.2, 0) is 6.42 Å². The molecule has 0 bridgehead atoms. The molecule has 1 aromatic heterocycles. The standard InChI is InChI=1S/C23H32N2O/c1-3-4-5-18-6-8-19(9-7-18)10-11-20-16-24-23(25-17-20)21-12-14-22(26-2)15-13-21/h12-19H,3-11H2,1-2H3. The van der Waals surface area contributed by atoms with Gasteiger partial charge in [-0.05, 0) is 54.5 Å². The van der Waals surface area contributed by atoms with Gasteiger partial charge in [0, 0.05) is 18.0 Å². The number of benzene rings is 1. The quantitative estimate of drug-likeness (QED) is 0.577. The summed E-state index contributed by atoms with van der Waals surface area (Å²) in [6.45, 7) is 2.30. The minimum absolute atomic E-state index is 0.785. The molecule has 0 unspecified atom stereocenters. The zero-order chi connectivity index (χ0) is 18.2. The first-order valence-corrected chi connectivity index (χ1v) is 10.2. The molecule has 26 heavy (non-hydrogen) atoms. The molecule has 1 fully saturated rings. The Morgan fingerprint density at radius 1 is 0.923 bits per heavy atom. The van der Waals surface area contributed by atoms with Crippen molar-refractivity contribution >= 4 is 0 Å². The first kappa shape index (κ1) is 18.9. The molecule has 0 spiro atoms. The van der Waals surface area contributed by atoms with E-state index in [-0.39, 0.29) is 0 Å². The number of ether oxygens (including phenoxy) is 1. The minimum atomic E-state index is 0.785. The second kappa shape index (κ2) is 9.70. The summed E-state index contributed by atoms with van der Waals surface area (Å²) in [5.41, 5.74) is 2.29. The molecule has 1 aliphatic rings. The van der Waals surface area contributed by atoms with Crippen LogP contribution in [0.4, 0.5) is 0 Å². The number of aryl methyl sites for hydroxylation is 1. The summed E-state index contributed by atoms with van der Waals surface area (Å²) in [6.07, 6.45) is 16.3. The lowest BCUT2D eigenvalue weighted by Gasteiger charge is -2.28. The molecule has 2 aromatic rings. The maximum Gasteiger partial charge on any atom is 0.159 e. The SMILES string of the molecule is CCCCC1CCC(CCc2cnc(-c3ccc(OC)cc3)nc2)CC1. The predicted octanol–water partition coefficient (Wildman–Crippen LogP) is 6.08. The van der Waals surface area contributed by atoms with Crippen LogP contribution in [0.25, 0.3) is 11.4 Å². The fraction of sp³-hybridized carbons (Fsp3) is 0.565. The second-order valence-electron chi connectivity index (χ2n) is 7.71. The third-order valence-corrected chi connectivity index (χ3v) is 5.83. The Kier molecular flexibility index (Phi) is 7.04. The first-order chi connectivity index (χ1) is 12.8. The highest BCUT2D eigenvalue weighted by Gasteiger charge is 2.20. The zero-order valence-electron chi connectivity index (χ0n) is 16.3. The van der Waals surface area contributed by atoms with Crippen molar-refractivity contribution in [2.45, 2.75) is 64.7 Å². The van der Waals surface area contributed by atoms with Gasteiger partial charge in [-0.2, -0.15) is 0 Å². The Hall–Kier alpha value is -1.90. The number of unbranched alkanes of at least 4 members (excludes halogenated alkanes) is 1. The van der Waals surface area contributed by atoms with E-state index in [4.69, 9.17) is 4.74 Å². The molecule has 0 aliphatic heterocycles. The number of rotatable bonds is 8. The van der Waals surface area contributed by atoms with Crippen LogP contribution < -0.4 is 4.74 Å². The zero-order valence-corrected chi connectivity index (χ0v) is 16.3. The molecule has 1 aliphatic carbocycles. The first-order valence-electron chi connectivity index (χ1n) is 10.2. The number of methoxy groups -OCH3 is 1. The fourth-order valence-electron chi connectivity index (χ4n) is 4.05. The summed E-state index contributed by atoms with van der Waals surface area (Å²) >= 11 is 0. The molecule has 1 saturated carbocycles. The largest absolute Gasteiger partial charge is 0.497 e. The van der Waals surface area contributed by atoms with E-state index in [1.165, 1.54) is 56.9 Å². The minimum Gasteiger partial charge on any atom is -0.497 e. The van der Waals surface area contributed by atoms with Gasteiger partial charge in [-0.1, -0.05) is 51.9 Å². The summed E-state index contributed by atoms with van der Waals surface area (Å²) in [5.74, 6) is 3.54. The molecule has 0 N–H and O–H groups in total. The van der Waals surface area contributed by atoms with Gasteiger partial charge in [-0.3, -0.25) is 0 Å². The summed E-state index contributed by atoms with van der Waals surface area (Å²) in [6, 6.07) is 7.91. The van der Waals surface area contributed by atoms with E-state index < -0.39 is 0 Å². The van der Waals surface area contributed by atoms with Crippen molar-refractivity contribution < 1.29 is 4.74 Å². The molecule has 1 aromatic carbocycles. The molecular weight excluding hydrogens is 320 g/mol. The van der Waals surface area contributed by atoms with Crippen LogP contribution in [0.3, 0.4) is 0 Å². The summed E-state index contributed by atoms with van der Waals surface area (Å²) in [7, 11) is 1.68. The lowest BCUT2D eigenvalue weighted by Crippen LogP contribution is -2.15. The van der Waals surface area contributed by atoms with Crippen LogP contribution in [0, 0.1) is 11.8 Å². The fourth-order valence-corrected chi connectivity index (χ4v) is 4.05. The Morgan fingerprint density at radius 3 is 2.12 bits per heavy atom. The monoisotopic (exact) mass is 352 g/mol. The van der Waals surface area contributed by atoms with Gasteiger partial charge in [0.2, 0.25) is 0 Å². The van der Waals surface area contributed by atoms with Gasteiger partial charge in [0.25, 0.3) is 0 Å². The molecule has 0 radical (unpaired) electrons. The second-order valence-corrected chi connectivity index (χ2v) is 7.71. The van der Waals surface area contributed by atoms with Crippen LogP contribution in [-0.4, -0.2) is 17.1 Å². The molecule has 0 saturated heterocycles. The van der Waals surface area contributed by atoms with E-state index in [2.05, 4.69) is 16.9 Å². The van der Waals surface area contributed by atoms with E-state index in [9.17, 15) is 0 Å². The molecule has 0 amide bonds. The Morgan fingerprint density at radius 2 is 1.54 bits per heavy atom. The smallest absolute Gasteiger partial charge is 0.159 e. The summed E-state index contributed by atoms with van der Waals surface area (Å²) in [4.78, 5) is 9.12. The normalized spacial score (nSPS) is 20.1. The van der Waals surface area contributed by atoms with Crippen molar-refractivity contribution in [1.82, 2.24) is 9.97 Å².